The summed E-state index contributed by atoms with van der Waals surface area (Å²) in [4.78, 5) is 11.6. The van der Waals surface area contributed by atoms with Gasteiger partial charge in [-0.05, 0) is 44.9 Å². The van der Waals surface area contributed by atoms with Crippen LogP contribution in [0.1, 0.15) is 25.0 Å². The summed E-state index contributed by atoms with van der Waals surface area (Å²) in [6.45, 7) is 14.3. The van der Waals surface area contributed by atoms with Gasteiger partial charge in [-0.2, -0.15) is 10.1 Å². The molecule has 1 fully saturated rings. The molecule has 6 nitrogen and oxygen atoms in total. The zero-order valence-electron chi connectivity index (χ0n) is 15.7. The second kappa shape index (κ2) is 7.68. The van der Waals surface area contributed by atoms with E-state index in [4.69, 9.17) is 4.98 Å². The highest BCUT2D eigenvalue weighted by Crippen LogP contribution is 2.24. The summed E-state index contributed by atoms with van der Waals surface area (Å²) in [6, 6.07) is 6.54. The molecule has 1 aromatic carbocycles. The first kappa shape index (κ1) is 17.5. The van der Waals surface area contributed by atoms with Crippen molar-refractivity contribution < 1.29 is 0 Å². The zero-order chi connectivity index (χ0) is 17.8. The van der Waals surface area contributed by atoms with Crippen LogP contribution in [-0.2, 0) is 0 Å². The van der Waals surface area contributed by atoms with Crippen molar-refractivity contribution in [2.24, 2.45) is 0 Å². The highest BCUT2D eigenvalue weighted by atomic mass is 15.4. The number of aryl methyl sites for hydroxylation is 1. The maximum Gasteiger partial charge on any atom is 0.247 e. The van der Waals surface area contributed by atoms with E-state index in [1.54, 1.807) is 6.20 Å². The molecule has 1 aliphatic rings. The van der Waals surface area contributed by atoms with Crippen LogP contribution in [0.5, 0.6) is 0 Å². The molecule has 0 N–H and O–H groups in total. The minimum absolute atomic E-state index is 0.741. The van der Waals surface area contributed by atoms with Crippen LogP contribution in [0.3, 0.4) is 0 Å². The van der Waals surface area contributed by atoms with Gasteiger partial charge in [0, 0.05) is 45.0 Å². The molecule has 25 heavy (non-hydrogen) atoms. The van der Waals surface area contributed by atoms with Crippen molar-refractivity contribution in [3.8, 4) is 0 Å². The Morgan fingerprint density at radius 2 is 1.68 bits per heavy atom. The lowest BCUT2D eigenvalue weighted by molar-refractivity contribution is 0.632. The molecule has 1 aromatic heterocycles. The second-order valence-electron chi connectivity index (χ2n) is 6.48. The van der Waals surface area contributed by atoms with Crippen molar-refractivity contribution in [2.75, 3.05) is 54.0 Å². The smallest absolute Gasteiger partial charge is 0.247 e. The van der Waals surface area contributed by atoms with Gasteiger partial charge in [0.2, 0.25) is 5.95 Å². The first-order valence-electron chi connectivity index (χ1n) is 9.14. The average Bonchev–Trinajstić information content (AvgIpc) is 2.65. The van der Waals surface area contributed by atoms with Crippen LogP contribution >= 0.6 is 0 Å². The number of benzene rings is 1. The Morgan fingerprint density at radius 3 is 2.36 bits per heavy atom. The summed E-state index contributed by atoms with van der Waals surface area (Å²) in [6.07, 6.45) is 1.75. The fourth-order valence-electron chi connectivity index (χ4n) is 3.35. The second-order valence-corrected chi connectivity index (χ2v) is 6.48. The SMILES string of the molecule is CCN(CC)c1cnnc(N2CCN(c3cccc(C)c3C)CC2)n1. The summed E-state index contributed by atoms with van der Waals surface area (Å²) in [5.74, 6) is 1.65. The van der Waals surface area contributed by atoms with Crippen molar-refractivity contribution in [1.82, 2.24) is 15.2 Å². The van der Waals surface area contributed by atoms with Crippen molar-refractivity contribution >= 4 is 17.5 Å². The zero-order valence-corrected chi connectivity index (χ0v) is 15.7. The highest BCUT2D eigenvalue weighted by molar-refractivity contribution is 5.57. The van der Waals surface area contributed by atoms with Crippen molar-refractivity contribution in [1.29, 1.82) is 0 Å². The molecule has 0 bridgehead atoms. The molecule has 0 aliphatic carbocycles. The van der Waals surface area contributed by atoms with Crippen molar-refractivity contribution in [3.05, 3.63) is 35.5 Å². The predicted octanol–water partition coefficient (Wildman–Crippen LogP) is 2.66. The van der Waals surface area contributed by atoms with Crippen LogP contribution in [0.25, 0.3) is 0 Å². The molecule has 3 rings (SSSR count). The number of piperazine rings is 1. The maximum atomic E-state index is 4.73. The molecule has 0 amide bonds. The minimum atomic E-state index is 0.741. The molecular formula is C19H28N6. The van der Waals surface area contributed by atoms with Gasteiger partial charge in [-0.3, -0.25) is 0 Å². The third kappa shape index (κ3) is 3.67. The summed E-state index contributed by atoms with van der Waals surface area (Å²) in [5, 5.41) is 8.43. The minimum Gasteiger partial charge on any atom is -0.368 e. The van der Waals surface area contributed by atoms with Crippen molar-refractivity contribution in [2.45, 2.75) is 27.7 Å². The van der Waals surface area contributed by atoms with Gasteiger partial charge in [0.05, 0.1) is 6.20 Å². The molecule has 6 heteroatoms. The van der Waals surface area contributed by atoms with Crippen molar-refractivity contribution in [3.63, 3.8) is 0 Å². The fourth-order valence-corrected chi connectivity index (χ4v) is 3.35. The van der Waals surface area contributed by atoms with Crippen LogP contribution in [0.4, 0.5) is 17.5 Å². The van der Waals surface area contributed by atoms with Gasteiger partial charge in [-0.1, -0.05) is 12.1 Å². The molecular weight excluding hydrogens is 312 g/mol. The fraction of sp³-hybridized carbons (Fsp3) is 0.526. The van der Waals surface area contributed by atoms with E-state index in [-0.39, 0.29) is 0 Å². The Bertz CT molecular complexity index is 705. The molecule has 0 atom stereocenters. The third-order valence-corrected chi connectivity index (χ3v) is 5.10. The number of rotatable bonds is 5. The van der Waals surface area contributed by atoms with Gasteiger partial charge in [-0.15, -0.1) is 5.10 Å². The van der Waals surface area contributed by atoms with E-state index < -0.39 is 0 Å². The lowest BCUT2D eigenvalue weighted by Gasteiger charge is -2.37. The Labute approximate surface area is 150 Å². The summed E-state index contributed by atoms with van der Waals surface area (Å²) in [7, 11) is 0. The van der Waals surface area contributed by atoms with E-state index in [0.29, 0.717) is 0 Å². The monoisotopic (exact) mass is 340 g/mol. The van der Waals surface area contributed by atoms with Gasteiger partial charge in [0.25, 0.3) is 0 Å². The predicted molar refractivity (Wildman–Crippen MR) is 104 cm³/mol. The van der Waals surface area contributed by atoms with E-state index in [9.17, 15) is 0 Å². The first-order valence-corrected chi connectivity index (χ1v) is 9.14. The summed E-state index contributed by atoms with van der Waals surface area (Å²) >= 11 is 0. The topological polar surface area (TPSA) is 48.4 Å². The Balaban J connectivity index is 1.70. The van der Waals surface area contributed by atoms with Gasteiger partial charge in [0.15, 0.2) is 5.82 Å². The summed E-state index contributed by atoms with van der Waals surface area (Å²) < 4.78 is 0. The van der Waals surface area contributed by atoms with Gasteiger partial charge in [-0.25, -0.2) is 0 Å². The van der Waals surface area contributed by atoms with Crippen LogP contribution in [-0.4, -0.2) is 54.4 Å². The highest BCUT2D eigenvalue weighted by Gasteiger charge is 2.21. The first-order chi connectivity index (χ1) is 12.1. The quantitative estimate of drug-likeness (QED) is 0.834. The van der Waals surface area contributed by atoms with E-state index in [2.05, 4.69) is 70.8 Å². The number of hydrogen-bond acceptors (Lipinski definition) is 6. The molecule has 1 aliphatic heterocycles. The Kier molecular flexibility index (Phi) is 5.36. The van der Waals surface area contributed by atoms with E-state index in [1.165, 1.54) is 16.8 Å². The maximum absolute atomic E-state index is 4.73. The Morgan fingerprint density at radius 1 is 1.00 bits per heavy atom. The number of nitrogens with zero attached hydrogens (tertiary/aromatic N) is 6. The lowest BCUT2D eigenvalue weighted by atomic mass is 10.1. The number of anilines is 3. The molecule has 2 aromatic rings. The van der Waals surface area contributed by atoms with Gasteiger partial charge < -0.3 is 14.7 Å². The van der Waals surface area contributed by atoms with Crippen LogP contribution in [0, 0.1) is 13.8 Å². The molecule has 0 unspecified atom stereocenters. The average molecular weight is 340 g/mol. The molecule has 134 valence electrons. The van der Waals surface area contributed by atoms with E-state index in [0.717, 1.165) is 51.0 Å². The lowest BCUT2D eigenvalue weighted by Crippen LogP contribution is -2.47. The van der Waals surface area contributed by atoms with E-state index >= 15 is 0 Å². The standard InChI is InChI=1S/C19H28N6/c1-5-23(6-2)18-14-20-22-19(21-18)25-12-10-24(11-13-25)17-9-7-8-15(3)16(17)4/h7-9,14H,5-6,10-13H2,1-4H3. The molecule has 1 saturated heterocycles. The molecule has 2 heterocycles. The van der Waals surface area contributed by atoms with Crippen LogP contribution in [0.15, 0.2) is 24.4 Å². The van der Waals surface area contributed by atoms with Gasteiger partial charge in [0.1, 0.15) is 0 Å². The normalized spacial score (nSPS) is 14.7. The Hall–Kier alpha value is -2.37. The van der Waals surface area contributed by atoms with E-state index in [1.807, 2.05) is 0 Å². The van der Waals surface area contributed by atoms with Crippen LogP contribution < -0.4 is 14.7 Å². The van der Waals surface area contributed by atoms with Gasteiger partial charge >= 0.3 is 0 Å². The number of aromatic nitrogens is 3. The summed E-state index contributed by atoms with van der Waals surface area (Å²) in [5.41, 5.74) is 4.06. The number of hydrogen-bond donors (Lipinski definition) is 0. The molecule has 0 saturated carbocycles. The van der Waals surface area contributed by atoms with Crippen LogP contribution in [0.2, 0.25) is 0 Å². The third-order valence-electron chi connectivity index (χ3n) is 5.10. The largest absolute Gasteiger partial charge is 0.368 e. The molecule has 0 spiro atoms. The molecule has 0 radical (unpaired) electrons.